The lowest BCUT2D eigenvalue weighted by Gasteiger charge is -2.22. The highest BCUT2D eigenvalue weighted by Crippen LogP contribution is 2.39. The van der Waals surface area contributed by atoms with E-state index in [1.165, 1.54) is 0 Å². The summed E-state index contributed by atoms with van der Waals surface area (Å²) in [5.74, 6) is 1.71. The molecule has 104 valence electrons. The number of likely N-dealkylation sites (tertiary alicyclic amines) is 1. The minimum atomic E-state index is 0.121. The SMILES string of the molecule is Cc1oc(C)c(C(=O)N2CCC3(CCOC3)C2)c1C. The Balaban J connectivity index is 1.82. The Morgan fingerprint density at radius 2 is 2.00 bits per heavy atom. The number of rotatable bonds is 1. The van der Waals surface area contributed by atoms with Crippen LogP contribution in [-0.4, -0.2) is 37.1 Å². The molecule has 1 atom stereocenters. The van der Waals surface area contributed by atoms with Crippen molar-refractivity contribution in [2.75, 3.05) is 26.3 Å². The number of hydrogen-bond donors (Lipinski definition) is 0. The van der Waals surface area contributed by atoms with E-state index in [4.69, 9.17) is 9.15 Å². The van der Waals surface area contributed by atoms with Crippen molar-refractivity contribution in [2.24, 2.45) is 5.41 Å². The molecular weight excluding hydrogens is 242 g/mol. The van der Waals surface area contributed by atoms with Gasteiger partial charge in [-0.3, -0.25) is 4.79 Å². The summed E-state index contributed by atoms with van der Waals surface area (Å²) in [6.07, 6.45) is 2.15. The van der Waals surface area contributed by atoms with Crippen LogP contribution in [0.15, 0.2) is 4.42 Å². The Labute approximate surface area is 113 Å². The molecule has 2 aliphatic rings. The Morgan fingerprint density at radius 1 is 1.21 bits per heavy atom. The van der Waals surface area contributed by atoms with Crippen molar-refractivity contribution in [2.45, 2.75) is 33.6 Å². The van der Waals surface area contributed by atoms with Gasteiger partial charge in [-0.1, -0.05) is 0 Å². The molecule has 3 rings (SSSR count). The van der Waals surface area contributed by atoms with Gasteiger partial charge in [-0.05, 0) is 33.6 Å². The molecule has 4 heteroatoms. The topological polar surface area (TPSA) is 42.7 Å². The van der Waals surface area contributed by atoms with E-state index in [2.05, 4.69) is 0 Å². The fourth-order valence-electron chi connectivity index (χ4n) is 3.35. The molecule has 1 aromatic rings. The normalized spacial score (nSPS) is 26.6. The fraction of sp³-hybridized carbons (Fsp3) is 0.667. The van der Waals surface area contributed by atoms with Crippen molar-refractivity contribution >= 4 is 5.91 Å². The van der Waals surface area contributed by atoms with E-state index in [0.717, 1.165) is 61.8 Å². The average Bonchev–Trinajstić information content (AvgIpc) is 3.05. The van der Waals surface area contributed by atoms with E-state index in [-0.39, 0.29) is 11.3 Å². The summed E-state index contributed by atoms with van der Waals surface area (Å²) >= 11 is 0. The number of ether oxygens (including phenoxy) is 1. The highest BCUT2D eigenvalue weighted by atomic mass is 16.5. The van der Waals surface area contributed by atoms with Gasteiger partial charge in [0.05, 0.1) is 12.2 Å². The molecule has 2 aliphatic heterocycles. The minimum Gasteiger partial charge on any atom is -0.466 e. The molecule has 0 bridgehead atoms. The van der Waals surface area contributed by atoms with Crippen LogP contribution in [0.4, 0.5) is 0 Å². The van der Waals surface area contributed by atoms with Crippen LogP contribution in [0.1, 0.15) is 40.3 Å². The molecule has 3 heterocycles. The molecule has 1 unspecified atom stereocenters. The quantitative estimate of drug-likeness (QED) is 0.781. The average molecular weight is 263 g/mol. The zero-order valence-corrected chi connectivity index (χ0v) is 11.9. The Kier molecular flexibility index (Phi) is 2.93. The van der Waals surface area contributed by atoms with Crippen molar-refractivity contribution in [3.63, 3.8) is 0 Å². The number of hydrogen-bond acceptors (Lipinski definition) is 3. The number of carbonyl (C=O) groups is 1. The molecule has 0 aliphatic carbocycles. The van der Waals surface area contributed by atoms with Gasteiger partial charge < -0.3 is 14.1 Å². The predicted molar refractivity (Wildman–Crippen MR) is 71.3 cm³/mol. The van der Waals surface area contributed by atoms with Gasteiger partial charge in [0, 0.05) is 30.7 Å². The summed E-state index contributed by atoms with van der Waals surface area (Å²) in [6.45, 7) is 9.06. The highest BCUT2D eigenvalue weighted by molar-refractivity contribution is 5.97. The lowest BCUT2D eigenvalue weighted by molar-refractivity contribution is 0.0763. The zero-order chi connectivity index (χ0) is 13.6. The third-order valence-electron chi connectivity index (χ3n) is 4.69. The van der Waals surface area contributed by atoms with Gasteiger partial charge in [0.2, 0.25) is 0 Å². The molecule has 0 N–H and O–H groups in total. The first-order chi connectivity index (χ1) is 9.02. The Morgan fingerprint density at radius 3 is 2.58 bits per heavy atom. The highest BCUT2D eigenvalue weighted by Gasteiger charge is 2.43. The van der Waals surface area contributed by atoms with Crippen molar-refractivity contribution in [3.8, 4) is 0 Å². The lowest BCUT2D eigenvalue weighted by Crippen LogP contribution is -2.32. The minimum absolute atomic E-state index is 0.121. The summed E-state index contributed by atoms with van der Waals surface area (Å²) in [4.78, 5) is 14.6. The van der Waals surface area contributed by atoms with Crippen LogP contribution >= 0.6 is 0 Å². The van der Waals surface area contributed by atoms with Crippen molar-refractivity contribution in [3.05, 3.63) is 22.6 Å². The molecule has 2 fully saturated rings. The second-order valence-electron chi connectivity index (χ2n) is 5.99. The van der Waals surface area contributed by atoms with E-state index in [1.54, 1.807) is 0 Å². The summed E-state index contributed by atoms with van der Waals surface area (Å²) in [5.41, 5.74) is 1.95. The molecule has 0 saturated carbocycles. The summed E-state index contributed by atoms with van der Waals surface area (Å²) in [5, 5.41) is 0. The van der Waals surface area contributed by atoms with Crippen molar-refractivity contribution < 1.29 is 13.9 Å². The zero-order valence-electron chi connectivity index (χ0n) is 11.9. The van der Waals surface area contributed by atoms with Gasteiger partial charge in [-0.15, -0.1) is 0 Å². The molecule has 1 aromatic heterocycles. The third kappa shape index (κ3) is 1.98. The lowest BCUT2D eigenvalue weighted by atomic mass is 9.87. The number of amides is 1. The largest absolute Gasteiger partial charge is 0.466 e. The van der Waals surface area contributed by atoms with Crippen LogP contribution in [0.5, 0.6) is 0 Å². The number of furan rings is 1. The standard InChI is InChI=1S/C15H21NO3/c1-10-11(2)19-12(3)13(10)14(17)16-6-4-15(8-16)5-7-18-9-15/h4-9H2,1-3H3. The summed E-state index contributed by atoms with van der Waals surface area (Å²) in [6, 6.07) is 0. The molecule has 4 nitrogen and oxygen atoms in total. The van der Waals surface area contributed by atoms with Crippen LogP contribution in [0.3, 0.4) is 0 Å². The smallest absolute Gasteiger partial charge is 0.257 e. The van der Waals surface area contributed by atoms with Crippen LogP contribution in [0, 0.1) is 26.2 Å². The van der Waals surface area contributed by atoms with Crippen molar-refractivity contribution in [1.29, 1.82) is 0 Å². The first kappa shape index (κ1) is 12.7. The van der Waals surface area contributed by atoms with Crippen molar-refractivity contribution in [1.82, 2.24) is 4.90 Å². The molecular formula is C15H21NO3. The molecule has 1 spiro atoms. The first-order valence-corrected chi connectivity index (χ1v) is 6.96. The molecule has 0 aromatic carbocycles. The predicted octanol–water partition coefficient (Wildman–Crippen LogP) is 2.46. The van der Waals surface area contributed by atoms with E-state index in [1.807, 2.05) is 25.7 Å². The van der Waals surface area contributed by atoms with Gasteiger partial charge in [0.25, 0.3) is 5.91 Å². The molecule has 2 saturated heterocycles. The van der Waals surface area contributed by atoms with Gasteiger partial charge in [0.15, 0.2) is 0 Å². The maximum absolute atomic E-state index is 12.7. The maximum Gasteiger partial charge on any atom is 0.257 e. The van der Waals surface area contributed by atoms with E-state index < -0.39 is 0 Å². The monoisotopic (exact) mass is 263 g/mol. The van der Waals surface area contributed by atoms with Crippen LogP contribution in [-0.2, 0) is 4.74 Å². The third-order valence-corrected chi connectivity index (χ3v) is 4.69. The number of carbonyl (C=O) groups excluding carboxylic acids is 1. The summed E-state index contributed by atoms with van der Waals surface area (Å²) in [7, 11) is 0. The molecule has 1 amide bonds. The van der Waals surface area contributed by atoms with Crippen LogP contribution < -0.4 is 0 Å². The second kappa shape index (κ2) is 4.37. The Bertz CT molecular complexity index is 512. The first-order valence-electron chi connectivity index (χ1n) is 6.96. The maximum atomic E-state index is 12.7. The second-order valence-corrected chi connectivity index (χ2v) is 5.99. The summed E-state index contributed by atoms with van der Waals surface area (Å²) < 4.78 is 11.1. The molecule has 0 radical (unpaired) electrons. The van der Waals surface area contributed by atoms with Crippen LogP contribution in [0.2, 0.25) is 0 Å². The van der Waals surface area contributed by atoms with E-state index in [0.29, 0.717) is 0 Å². The van der Waals surface area contributed by atoms with E-state index >= 15 is 0 Å². The van der Waals surface area contributed by atoms with Gasteiger partial charge in [-0.2, -0.15) is 0 Å². The van der Waals surface area contributed by atoms with Gasteiger partial charge in [0.1, 0.15) is 11.5 Å². The fourth-order valence-corrected chi connectivity index (χ4v) is 3.35. The van der Waals surface area contributed by atoms with Crippen LogP contribution in [0.25, 0.3) is 0 Å². The number of aryl methyl sites for hydroxylation is 2. The number of nitrogens with zero attached hydrogens (tertiary/aromatic N) is 1. The van der Waals surface area contributed by atoms with Gasteiger partial charge in [-0.25, -0.2) is 0 Å². The Hall–Kier alpha value is -1.29. The van der Waals surface area contributed by atoms with E-state index in [9.17, 15) is 4.79 Å². The molecule has 19 heavy (non-hydrogen) atoms. The van der Waals surface area contributed by atoms with Gasteiger partial charge >= 0.3 is 0 Å².